The zero-order valence-corrected chi connectivity index (χ0v) is 23.4. The summed E-state index contributed by atoms with van der Waals surface area (Å²) in [4.78, 5) is 4.98. The van der Waals surface area contributed by atoms with Crippen molar-refractivity contribution in [3.63, 3.8) is 0 Å². The zero-order chi connectivity index (χ0) is 27.5. The predicted octanol–water partition coefficient (Wildman–Crippen LogP) is 10.9. The Kier molecular flexibility index (Phi) is 5.41. The van der Waals surface area contributed by atoms with Crippen LogP contribution in [0.4, 0.5) is 5.69 Å². The second-order valence-corrected chi connectivity index (χ2v) is 11.7. The minimum Gasteiger partial charge on any atom is -0.396 e. The highest BCUT2D eigenvalue weighted by atomic mass is 32.1. The first-order valence-electron chi connectivity index (χ1n) is 13.9. The van der Waals surface area contributed by atoms with Crippen LogP contribution >= 0.6 is 11.3 Å². The van der Waals surface area contributed by atoms with Crippen molar-refractivity contribution in [2.45, 2.75) is 6.92 Å². The molecule has 8 rings (SSSR count). The third-order valence-electron chi connectivity index (χ3n) is 8.12. The summed E-state index contributed by atoms with van der Waals surface area (Å²) in [7, 11) is 0. The molecule has 0 radical (unpaired) electrons. The van der Waals surface area contributed by atoms with E-state index in [1.54, 1.807) is 0 Å². The monoisotopic (exact) mass is 542 g/mol. The normalized spacial score (nSPS) is 12.0. The number of fused-ring (bicyclic) bond motifs is 7. The molecule has 0 aliphatic carbocycles. The molecule has 2 aromatic heterocycles. The van der Waals surface area contributed by atoms with Crippen LogP contribution in [0.2, 0.25) is 0 Å². The Morgan fingerprint density at radius 1 is 0.585 bits per heavy atom. The standard InChI is InChI=1S/C38H26N2S/c1-2-5-23-8-9-24-14-18-34(40-38(24)37(23)39)29-13-17-31-28(21-29)11-10-27-20-25(12-16-30(27)31)26-15-19-36-33(22-26)32-6-3-4-7-35(32)41-36/h2-22H,39H2,1H3/b5-2-. The fraction of sp³-hybridized carbons (Fsp3) is 0.0263. The lowest BCUT2D eigenvalue weighted by Crippen LogP contribution is -1.95. The van der Waals surface area contributed by atoms with Crippen LogP contribution in [0, 0.1) is 0 Å². The maximum absolute atomic E-state index is 6.49. The third-order valence-corrected chi connectivity index (χ3v) is 9.27. The number of benzene rings is 6. The van der Waals surface area contributed by atoms with Gasteiger partial charge in [0.2, 0.25) is 0 Å². The average molecular weight is 543 g/mol. The highest BCUT2D eigenvalue weighted by molar-refractivity contribution is 7.25. The summed E-state index contributed by atoms with van der Waals surface area (Å²) in [5, 5.41) is 8.65. The molecule has 2 heterocycles. The van der Waals surface area contributed by atoms with Crippen LogP contribution in [-0.4, -0.2) is 4.98 Å². The molecule has 0 aliphatic rings. The van der Waals surface area contributed by atoms with Crippen LogP contribution < -0.4 is 5.73 Å². The molecule has 8 aromatic rings. The van der Waals surface area contributed by atoms with Crippen LogP contribution in [0.3, 0.4) is 0 Å². The highest BCUT2D eigenvalue weighted by Gasteiger charge is 2.11. The summed E-state index contributed by atoms with van der Waals surface area (Å²) in [6.07, 6.45) is 4.03. The molecule has 6 aromatic carbocycles. The van der Waals surface area contributed by atoms with E-state index < -0.39 is 0 Å². The largest absolute Gasteiger partial charge is 0.396 e. The summed E-state index contributed by atoms with van der Waals surface area (Å²) in [6.45, 7) is 2.00. The number of hydrogen-bond acceptors (Lipinski definition) is 3. The summed E-state index contributed by atoms with van der Waals surface area (Å²) in [5.74, 6) is 0. The molecule has 0 saturated heterocycles. The minimum atomic E-state index is 0.719. The average Bonchev–Trinajstić information content (AvgIpc) is 3.40. The molecule has 3 heteroatoms. The Hall–Kier alpha value is -4.99. The van der Waals surface area contributed by atoms with Gasteiger partial charge < -0.3 is 5.73 Å². The zero-order valence-electron chi connectivity index (χ0n) is 22.6. The van der Waals surface area contributed by atoms with E-state index in [4.69, 9.17) is 10.7 Å². The fourth-order valence-electron chi connectivity index (χ4n) is 6.03. The molecule has 2 N–H and O–H groups in total. The van der Waals surface area contributed by atoms with E-state index in [2.05, 4.69) is 109 Å². The van der Waals surface area contributed by atoms with Crippen LogP contribution in [0.1, 0.15) is 12.5 Å². The van der Waals surface area contributed by atoms with E-state index in [0.717, 1.165) is 33.4 Å². The predicted molar refractivity (Wildman–Crippen MR) is 180 cm³/mol. The van der Waals surface area contributed by atoms with Crippen molar-refractivity contribution in [1.82, 2.24) is 4.98 Å². The molecule has 0 spiro atoms. The number of hydrogen-bond donors (Lipinski definition) is 1. The molecule has 0 amide bonds. The van der Waals surface area contributed by atoms with Gasteiger partial charge in [-0.15, -0.1) is 11.3 Å². The van der Waals surface area contributed by atoms with Gasteiger partial charge in [-0.1, -0.05) is 91.0 Å². The molecule has 0 saturated carbocycles. The van der Waals surface area contributed by atoms with Gasteiger partial charge in [-0.25, -0.2) is 4.98 Å². The van der Waals surface area contributed by atoms with Gasteiger partial charge in [-0.3, -0.25) is 0 Å². The van der Waals surface area contributed by atoms with Gasteiger partial charge in [-0.2, -0.15) is 0 Å². The van der Waals surface area contributed by atoms with Gasteiger partial charge in [0.1, 0.15) is 0 Å². The van der Waals surface area contributed by atoms with Crippen LogP contribution in [0.25, 0.3) is 81.1 Å². The topological polar surface area (TPSA) is 38.9 Å². The summed E-state index contributed by atoms with van der Waals surface area (Å²) in [5.41, 5.74) is 13.6. The number of rotatable bonds is 3. The van der Waals surface area contributed by atoms with Crippen LogP contribution in [-0.2, 0) is 0 Å². The molecule has 2 nitrogen and oxygen atoms in total. The maximum Gasteiger partial charge on any atom is 0.0944 e. The van der Waals surface area contributed by atoms with Crippen LogP contribution in [0.15, 0.2) is 121 Å². The summed E-state index contributed by atoms with van der Waals surface area (Å²) >= 11 is 1.86. The third kappa shape index (κ3) is 3.89. The first-order valence-corrected chi connectivity index (χ1v) is 14.7. The quantitative estimate of drug-likeness (QED) is 0.178. The SMILES string of the molecule is C/C=C\c1ccc2ccc(-c3ccc4c(ccc5cc(-c6ccc7sc8ccccc8c7c6)ccc54)c3)nc2c1N. The van der Waals surface area contributed by atoms with Crippen molar-refractivity contribution in [3.8, 4) is 22.4 Å². The molecule has 41 heavy (non-hydrogen) atoms. The second-order valence-electron chi connectivity index (χ2n) is 10.6. The molecule has 0 fully saturated rings. The van der Waals surface area contributed by atoms with Gasteiger partial charge in [-0.05, 0) is 81.6 Å². The molecule has 194 valence electrons. The number of allylic oxidation sites excluding steroid dienone is 1. The lowest BCUT2D eigenvalue weighted by molar-refractivity contribution is 1.40. The lowest BCUT2D eigenvalue weighted by Gasteiger charge is -2.11. The summed E-state index contributed by atoms with van der Waals surface area (Å²) < 4.78 is 2.67. The van der Waals surface area contributed by atoms with E-state index in [-0.39, 0.29) is 0 Å². The number of anilines is 1. The molecular formula is C38H26N2S. The van der Waals surface area contributed by atoms with Crippen molar-refractivity contribution < 1.29 is 0 Å². The van der Waals surface area contributed by atoms with Crippen molar-refractivity contribution in [2.75, 3.05) is 5.73 Å². The van der Waals surface area contributed by atoms with Crippen molar-refractivity contribution in [3.05, 3.63) is 127 Å². The van der Waals surface area contributed by atoms with E-state index in [0.29, 0.717) is 0 Å². The number of nitrogens with two attached hydrogens (primary N) is 1. The smallest absolute Gasteiger partial charge is 0.0944 e. The van der Waals surface area contributed by atoms with Crippen molar-refractivity contribution >= 4 is 75.7 Å². The number of nitrogens with zero attached hydrogens (tertiary/aromatic N) is 1. The first kappa shape index (κ1) is 23.9. The van der Waals surface area contributed by atoms with E-state index >= 15 is 0 Å². The van der Waals surface area contributed by atoms with Gasteiger partial charge >= 0.3 is 0 Å². The molecule has 0 atom stereocenters. The maximum atomic E-state index is 6.49. The highest BCUT2D eigenvalue weighted by Crippen LogP contribution is 2.38. The van der Waals surface area contributed by atoms with Gasteiger partial charge in [0.15, 0.2) is 0 Å². The number of nitrogen functional groups attached to an aromatic ring is 1. The lowest BCUT2D eigenvalue weighted by atomic mass is 9.95. The molecular weight excluding hydrogens is 516 g/mol. The second kappa shape index (κ2) is 9.29. The first-order chi connectivity index (χ1) is 20.2. The fourth-order valence-corrected chi connectivity index (χ4v) is 7.11. The van der Waals surface area contributed by atoms with Crippen molar-refractivity contribution in [1.29, 1.82) is 0 Å². The number of thiophene rings is 1. The van der Waals surface area contributed by atoms with Crippen LogP contribution in [0.5, 0.6) is 0 Å². The minimum absolute atomic E-state index is 0.719. The summed E-state index contributed by atoms with van der Waals surface area (Å²) in [6, 6.07) is 41.8. The number of aromatic nitrogens is 1. The Bertz CT molecular complexity index is 2340. The number of pyridine rings is 1. The Morgan fingerprint density at radius 3 is 2.07 bits per heavy atom. The van der Waals surface area contributed by atoms with Crippen molar-refractivity contribution in [2.24, 2.45) is 0 Å². The molecule has 0 aliphatic heterocycles. The Morgan fingerprint density at radius 2 is 1.24 bits per heavy atom. The van der Waals surface area contributed by atoms with E-state index in [1.807, 2.05) is 36.5 Å². The van der Waals surface area contributed by atoms with Gasteiger partial charge in [0.05, 0.1) is 16.9 Å². The van der Waals surface area contributed by atoms with Gasteiger partial charge in [0.25, 0.3) is 0 Å². The molecule has 0 unspecified atom stereocenters. The Balaban J connectivity index is 1.20. The van der Waals surface area contributed by atoms with Gasteiger partial charge in [0, 0.05) is 31.1 Å². The Labute approximate surface area is 242 Å². The van der Waals surface area contributed by atoms with E-state index in [9.17, 15) is 0 Å². The molecule has 0 bridgehead atoms. The van der Waals surface area contributed by atoms with E-state index in [1.165, 1.54) is 52.8 Å².